The Morgan fingerprint density at radius 2 is 2.24 bits per heavy atom. The van der Waals surface area contributed by atoms with Gasteiger partial charge in [0.05, 0.1) is 5.41 Å². The second kappa shape index (κ2) is 6.22. The average molecular weight is 357 g/mol. The molecule has 6 heteroatoms. The van der Waals surface area contributed by atoms with Crippen LogP contribution in [0.15, 0.2) is 16.7 Å². The summed E-state index contributed by atoms with van der Waals surface area (Å²) in [6.45, 7) is 4.38. The van der Waals surface area contributed by atoms with Gasteiger partial charge in [-0.3, -0.25) is 9.59 Å². The van der Waals surface area contributed by atoms with Gasteiger partial charge in [0.2, 0.25) is 0 Å². The Labute approximate surface area is 132 Å². The number of aliphatic carboxylic acids is 1. The van der Waals surface area contributed by atoms with Crippen molar-refractivity contribution < 1.29 is 14.7 Å². The summed E-state index contributed by atoms with van der Waals surface area (Å²) in [5.74, 6) is -1.04. The van der Waals surface area contributed by atoms with Gasteiger partial charge in [0, 0.05) is 23.3 Å². The Kier molecular flexibility index (Phi) is 4.76. The van der Waals surface area contributed by atoms with Crippen LogP contribution in [0.2, 0.25) is 0 Å². The molecule has 1 aliphatic carbocycles. The van der Waals surface area contributed by atoms with E-state index in [0.29, 0.717) is 25.1 Å². The van der Waals surface area contributed by atoms with Crippen molar-refractivity contribution in [3.8, 4) is 0 Å². The maximum Gasteiger partial charge on any atom is 0.311 e. The molecule has 2 N–H and O–H groups in total. The summed E-state index contributed by atoms with van der Waals surface area (Å²) >= 11 is 3.37. The molecule has 0 spiro atoms. The van der Waals surface area contributed by atoms with Crippen molar-refractivity contribution in [1.29, 1.82) is 0 Å². The van der Waals surface area contributed by atoms with Crippen LogP contribution in [0.3, 0.4) is 0 Å². The molecule has 0 aromatic carbocycles. The Bertz CT molecular complexity index is 555. The second-order valence-corrected chi connectivity index (χ2v) is 6.74. The summed E-state index contributed by atoms with van der Waals surface area (Å²) in [5.41, 5.74) is -0.322. The number of nitrogens with zero attached hydrogens (tertiary/aromatic N) is 1. The number of carboxylic acids is 1. The van der Waals surface area contributed by atoms with Gasteiger partial charge >= 0.3 is 5.97 Å². The van der Waals surface area contributed by atoms with E-state index in [0.717, 1.165) is 17.3 Å². The van der Waals surface area contributed by atoms with E-state index in [4.69, 9.17) is 0 Å². The third-order valence-corrected chi connectivity index (χ3v) is 4.87. The topological polar surface area (TPSA) is 71.3 Å². The minimum Gasteiger partial charge on any atom is -0.481 e. The molecule has 1 saturated carbocycles. The molecule has 0 bridgehead atoms. The summed E-state index contributed by atoms with van der Waals surface area (Å²) < 4.78 is 2.69. The Morgan fingerprint density at radius 1 is 1.52 bits per heavy atom. The van der Waals surface area contributed by atoms with Gasteiger partial charge in [-0.15, -0.1) is 0 Å². The first-order valence-electron chi connectivity index (χ1n) is 7.28. The van der Waals surface area contributed by atoms with Gasteiger partial charge in [0.1, 0.15) is 5.69 Å². The third-order valence-electron chi connectivity index (χ3n) is 4.44. The number of amides is 1. The molecule has 2 unspecified atom stereocenters. The fraction of sp³-hybridized carbons (Fsp3) is 0.600. The zero-order valence-electron chi connectivity index (χ0n) is 12.4. The normalized spacial score (nSPS) is 25.6. The molecule has 1 amide bonds. The van der Waals surface area contributed by atoms with E-state index in [1.807, 2.05) is 17.7 Å². The van der Waals surface area contributed by atoms with Crippen LogP contribution in [-0.4, -0.2) is 27.6 Å². The number of halogens is 1. The van der Waals surface area contributed by atoms with Crippen molar-refractivity contribution in [1.82, 2.24) is 9.88 Å². The van der Waals surface area contributed by atoms with E-state index in [2.05, 4.69) is 21.2 Å². The molecule has 5 nitrogen and oxygen atoms in total. The number of aromatic nitrogens is 1. The monoisotopic (exact) mass is 356 g/mol. The molecule has 21 heavy (non-hydrogen) atoms. The molecule has 0 saturated heterocycles. The molecule has 116 valence electrons. The predicted octanol–water partition coefficient (Wildman–Crippen LogP) is 3.03. The number of hydrogen-bond donors (Lipinski definition) is 2. The summed E-state index contributed by atoms with van der Waals surface area (Å²) in [7, 11) is 0. The van der Waals surface area contributed by atoms with E-state index in [9.17, 15) is 14.7 Å². The number of nitrogens with one attached hydrogen (secondary N) is 1. The highest BCUT2D eigenvalue weighted by atomic mass is 79.9. The molecule has 1 aliphatic rings. The van der Waals surface area contributed by atoms with Crippen LogP contribution in [0.25, 0.3) is 0 Å². The average Bonchev–Trinajstić information content (AvgIpc) is 2.82. The summed E-state index contributed by atoms with van der Waals surface area (Å²) in [6.07, 6.45) is 5.01. The highest BCUT2D eigenvalue weighted by Crippen LogP contribution is 2.36. The van der Waals surface area contributed by atoms with Crippen LogP contribution in [0.1, 0.15) is 50.0 Å². The molecule has 0 radical (unpaired) electrons. The fourth-order valence-corrected chi connectivity index (χ4v) is 3.44. The van der Waals surface area contributed by atoms with Gasteiger partial charge in [-0.1, -0.05) is 12.8 Å². The van der Waals surface area contributed by atoms with Crippen molar-refractivity contribution in [2.24, 2.45) is 5.41 Å². The lowest BCUT2D eigenvalue weighted by molar-refractivity contribution is -0.151. The first-order chi connectivity index (χ1) is 9.88. The van der Waals surface area contributed by atoms with Crippen LogP contribution >= 0.6 is 15.9 Å². The lowest BCUT2D eigenvalue weighted by Crippen LogP contribution is -2.52. The third kappa shape index (κ3) is 3.15. The Balaban J connectivity index is 2.19. The molecule has 2 rings (SSSR count). The summed E-state index contributed by atoms with van der Waals surface area (Å²) in [6, 6.07) is 1.44. The smallest absolute Gasteiger partial charge is 0.311 e. The highest BCUT2D eigenvalue weighted by Gasteiger charge is 2.44. The van der Waals surface area contributed by atoms with Gasteiger partial charge in [0.15, 0.2) is 0 Å². The standard InChI is InChI=1S/C15H21BrN2O3/c1-3-18-9-10(16)8-11(18)13(19)17-12-6-4-5-7-15(12,2)14(20)21/h8-9,12H,3-7H2,1-2H3,(H,17,19)(H,20,21). The predicted molar refractivity (Wildman–Crippen MR) is 83.3 cm³/mol. The maximum absolute atomic E-state index is 12.5. The Morgan fingerprint density at radius 3 is 2.86 bits per heavy atom. The van der Waals surface area contributed by atoms with Gasteiger partial charge in [-0.05, 0) is 48.7 Å². The minimum absolute atomic E-state index is 0.207. The van der Waals surface area contributed by atoms with E-state index < -0.39 is 11.4 Å². The molecule has 1 heterocycles. The van der Waals surface area contributed by atoms with Crippen LogP contribution in [0.5, 0.6) is 0 Å². The molecule has 2 atom stereocenters. The van der Waals surface area contributed by atoms with Crippen LogP contribution in [-0.2, 0) is 11.3 Å². The van der Waals surface area contributed by atoms with Crippen molar-refractivity contribution in [2.75, 3.05) is 0 Å². The van der Waals surface area contributed by atoms with Gasteiger partial charge in [-0.25, -0.2) is 0 Å². The molecule has 1 aromatic heterocycles. The van der Waals surface area contributed by atoms with Crippen LogP contribution in [0, 0.1) is 5.41 Å². The second-order valence-electron chi connectivity index (χ2n) is 5.82. The largest absolute Gasteiger partial charge is 0.481 e. The van der Waals surface area contributed by atoms with E-state index in [1.54, 1.807) is 13.0 Å². The number of carbonyl (C=O) groups is 2. The molecule has 0 aliphatic heterocycles. The Hall–Kier alpha value is -1.30. The van der Waals surface area contributed by atoms with Gasteiger partial charge < -0.3 is 15.0 Å². The van der Waals surface area contributed by atoms with E-state index in [1.165, 1.54) is 0 Å². The first kappa shape index (κ1) is 16.1. The number of carbonyl (C=O) groups excluding carboxylic acids is 1. The van der Waals surface area contributed by atoms with Crippen molar-refractivity contribution in [2.45, 2.75) is 52.1 Å². The molecule has 1 fully saturated rings. The summed E-state index contributed by atoms with van der Waals surface area (Å²) in [4.78, 5) is 24.0. The maximum atomic E-state index is 12.5. The minimum atomic E-state index is -0.880. The quantitative estimate of drug-likeness (QED) is 0.870. The summed E-state index contributed by atoms with van der Waals surface area (Å²) in [5, 5.41) is 12.4. The molecule has 1 aromatic rings. The van der Waals surface area contributed by atoms with E-state index >= 15 is 0 Å². The number of carboxylic acid groups (broad SMARTS) is 1. The highest BCUT2D eigenvalue weighted by molar-refractivity contribution is 9.10. The number of aryl methyl sites for hydroxylation is 1. The van der Waals surface area contributed by atoms with Crippen molar-refractivity contribution in [3.63, 3.8) is 0 Å². The van der Waals surface area contributed by atoms with Crippen molar-refractivity contribution >= 4 is 27.8 Å². The zero-order valence-corrected chi connectivity index (χ0v) is 13.9. The van der Waals surface area contributed by atoms with Crippen LogP contribution < -0.4 is 5.32 Å². The number of rotatable bonds is 4. The first-order valence-corrected chi connectivity index (χ1v) is 8.07. The number of hydrogen-bond acceptors (Lipinski definition) is 2. The SMILES string of the molecule is CCn1cc(Br)cc1C(=O)NC1CCCCC1(C)C(=O)O. The van der Waals surface area contributed by atoms with Crippen LogP contribution in [0.4, 0.5) is 0 Å². The molecular formula is C15H21BrN2O3. The fourth-order valence-electron chi connectivity index (χ4n) is 2.98. The zero-order chi connectivity index (χ0) is 15.6. The van der Waals surface area contributed by atoms with Gasteiger partial charge in [0.25, 0.3) is 5.91 Å². The molecular weight excluding hydrogens is 336 g/mol. The lowest BCUT2D eigenvalue weighted by Gasteiger charge is -2.38. The van der Waals surface area contributed by atoms with E-state index in [-0.39, 0.29) is 11.9 Å². The van der Waals surface area contributed by atoms with Crippen molar-refractivity contribution in [3.05, 3.63) is 22.4 Å². The van der Waals surface area contributed by atoms with Gasteiger partial charge in [-0.2, -0.15) is 0 Å². The lowest BCUT2D eigenvalue weighted by atomic mass is 9.71.